The van der Waals surface area contributed by atoms with Gasteiger partial charge in [-0.25, -0.2) is 0 Å². The van der Waals surface area contributed by atoms with E-state index in [-0.39, 0.29) is 5.91 Å². The van der Waals surface area contributed by atoms with Crippen molar-refractivity contribution in [3.8, 4) is 0 Å². The zero-order valence-corrected chi connectivity index (χ0v) is 15.3. The molecule has 1 aromatic heterocycles. The zero-order valence-electron chi connectivity index (χ0n) is 14.5. The maximum atomic E-state index is 13.5. The molecule has 4 rings (SSSR count). The molecular formula is C21H20N2OS. The maximum absolute atomic E-state index is 13.5. The molecule has 1 aliphatic rings. The second-order valence-electron chi connectivity index (χ2n) is 6.46. The topological polar surface area (TPSA) is 33.2 Å². The number of pyridine rings is 1. The van der Waals surface area contributed by atoms with Gasteiger partial charge in [0.05, 0.1) is 16.8 Å². The molecule has 25 heavy (non-hydrogen) atoms. The summed E-state index contributed by atoms with van der Waals surface area (Å²) in [5.41, 5.74) is 4.65. The summed E-state index contributed by atoms with van der Waals surface area (Å²) in [5, 5.41) is 0.935. The third-order valence-electron chi connectivity index (χ3n) is 4.51. The average Bonchev–Trinajstić information content (AvgIpc) is 2.83. The van der Waals surface area contributed by atoms with Crippen LogP contribution in [-0.4, -0.2) is 23.2 Å². The molecule has 0 atom stereocenters. The van der Waals surface area contributed by atoms with Gasteiger partial charge in [-0.15, -0.1) is 11.8 Å². The highest BCUT2D eigenvalue weighted by atomic mass is 32.2. The lowest BCUT2D eigenvalue weighted by Gasteiger charge is -2.23. The second kappa shape index (κ2) is 6.52. The molecule has 0 saturated carbocycles. The van der Waals surface area contributed by atoms with Crippen molar-refractivity contribution in [2.75, 3.05) is 17.2 Å². The molecule has 3 nitrogen and oxygen atoms in total. The van der Waals surface area contributed by atoms with E-state index in [4.69, 9.17) is 0 Å². The van der Waals surface area contributed by atoms with Crippen molar-refractivity contribution in [1.29, 1.82) is 0 Å². The Morgan fingerprint density at radius 3 is 2.84 bits per heavy atom. The van der Waals surface area contributed by atoms with Crippen LogP contribution in [0.3, 0.4) is 0 Å². The number of carbonyl (C=O) groups is 1. The predicted octanol–water partition coefficient (Wildman–Crippen LogP) is 4.99. The Kier molecular flexibility index (Phi) is 4.22. The van der Waals surface area contributed by atoms with Crippen LogP contribution < -0.4 is 4.90 Å². The van der Waals surface area contributed by atoms with Crippen molar-refractivity contribution >= 4 is 34.3 Å². The number of thioether (sulfide) groups is 1. The number of aryl methyl sites for hydroxylation is 2. The highest BCUT2D eigenvalue weighted by molar-refractivity contribution is 7.99. The molecule has 0 unspecified atom stereocenters. The van der Waals surface area contributed by atoms with E-state index >= 15 is 0 Å². The van der Waals surface area contributed by atoms with E-state index < -0.39 is 0 Å². The average molecular weight is 348 g/mol. The predicted molar refractivity (Wildman–Crippen MR) is 105 cm³/mol. The minimum Gasteiger partial charge on any atom is -0.307 e. The molecule has 0 N–H and O–H groups in total. The summed E-state index contributed by atoms with van der Waals surface area (Å²) in [6, 6.07) is 16.2. The van der Waals surface area contributed by atoms with E-state index in [0.717, 1.165) is 52.1 Å². The summed E-state index contributed by atoms with van der Waals surface area (Å²) in [5.74, 6) is 1.10. The number of anilines is 1. The van der Waals surface area contributed by atoms with Gasteiger partial charge in [-0.1, -0.05) is 23.8 Å². The molecule has 1 amide bonds. The van der Waals surface area contributed by atoms with E-state index in [1.165, 1.54) is 4.90 Å². The summed E-state index contributed by atoms with van der Waals surface area (Å²) >= 11 is 1.83. The van der Waals surface area contributed by atoms with Crippen molar-refractivity contribution in [1.82, 2.24) is 4.98 Å². The molecule has 2 heterocycles. The van der Waals surface area contributed by atoms with E-state index in [2.05, 4.69) is 17.1 Å². The summed E-state index contributed by atoms with van der Waals surface area (Å²) in [6.45, 7) is 4.74. The lowest BCUT2D eigenvalue weighted by Crippen LogP contribution is -2.32. The largest absolute Gasteiger partial charge is 0.307 e. The van der Waals surface area contributed by atoms with E-state index in [9.17, 15) is 4.79 Å². The molecule has 2 aromatic carbocycles. The zero-order chi connectivity index (χ0) is 17.4. The van der Waals surface area contributed by atoms with Crippen molar-refractivity contribution < 1.29 is 4.79 Å². The third-order valence-corrected chi connectivity index (χ3v) is 5.66. The van der Waals surface area contributed by atoms with Crippen molar-refractivity contribution in [3.63, 3.8) is 0 Å². The van der Waals surface area contributed by atoms with Crippen molar-refractivity contribution in [2.24, 2.45) is 0 Å². The molecule has 1 aliphatic heterocycles. The van der Waals surface area contributed by atoms with Crippen molar-refractivity contribution in [2.45, 2.75) is 25.2 Å². The van der Waals surface area contributed by atoms with Crippen LogP contribution in [0.4, 0.5) is 5.69 Å². The Balaban J connectivity index is 1.87. The van der Waals surface area contributed by atoms with Gasteiger partial charge in [0.25, 0.3) is 5.91 Å². The Morgan fingerprint density at radius 2 is 1.96 bits per heavy atom. The third kappa shape index (κ3) is 3.02. The molecule has 3 aromatic rings. The molecule has 0 aliphatic carbocycles. The molecule has 126 valence electrons. The van der Waals surface area contributed by atoms with Gasteiger partial charge in [0.2, 0.25) is 0 Å². The highest BCUT2D eigenvalue weighted by Crippen LogP contribution is 2.35. The van der Waals surface area contributed by atoms with Crippen molar-refractivity contribution in [3.05, 3.63) is 65.4 Å². The van der Waals surface area contributed by atoms with Gasteiger partial charge in [0, 0.05) is 22.5 Å². The van der Waals surface area contributed by atoms with E-state index in [0.29, 0.717) is 0 Å². The lowest BCUT2D eigenvalue weighted by molar-refractivity contribution is 0.0988. The highest BCUT2D eigenvalue weighted by Gasteiger charge is 2.24. The lowest BCUT2D eigenvalue weighted by atomic mass is 10.0. The van der Waals surface area contributed by atoms with Crippen LogP contribution >= 0.6 is 11.8 Å². The van der Waals surface area contributed by atoms with Crippen LogP contribution in [0.15, 0.2) is 53.4 Å². The van der Waals surface area contributed by atoms with E-state index in [1.54, 1.807) is 0 Å². The summed E-state index contributed by atoms with van der Waals surface area (Å²) in [7, 11) is 0. The standard InChI is InChI=1S/C21H20N2OS/c1-14-8-9-18-16(12-14)17(13-15(2)22-18)21(24)23-10-5-11-25-20-7-4-3-6-19(20)23/h3-4,6-9,12-13H,5,10-11H2,1-2H3. The quantitative estimate of drug-likeness (QED) is 0.621. The van der Waals surface area contributed by atoms with Crippen LogP contribution in [0.2, 0.25) is 0 Å². The molecule has 0 bridgehead atoms. The molecule has 4 heteroatoms. The van der Waals surface area contributed by atoms with Gasteiger partial charge >= 0.3 is 0 Å². The van der Waals surface area contributed by atoms with Gasteiger partial charge in [0.1, 0.15) is 0 Å². The van der Waals surface area contributed by atoms with Gasteiger partial charge in [-0.2, -0.15) is 0 Å². The Bertz CT molecular complexity index is 967. The van der Waals surface area contributed by atoms with Crippen LogP contribution in [0, 0.1) is 13.8 Å². The number of rotatable bonds is 1. The molecule has 0 saturated heterocycles. The normalized spacial score (nSPS) is 14.2. The fraction of sp³-hybridized carbons (Fsp3) is 0.238. The number of para-hydroxylation sites is 1. The molecule has 0 fully saturated rings. The Hall–Kier alpha value is -2.33. The number of amides is 1. The monoisotopic (exact) mass is 348 g/mol. The number of benzene rings is 2. The Morgan fingerprint density at radius 1 is 1.12 bits per heavy atom. The number of fused-ring (bicyclic) bond motifs is 2. The van der Waals surface area contributed by atoms with Gasteiger partial charge in [-0.05, 0) is 56.4 Å². The van der Waals surface area contributed by atoms with Crippen LogP contribution in [0.5, 0.6) is 0 Å². The Labute approximate surface area is 152 Å². The smallest absolute Gasteiger partial charge is 0.259 e. The molecule has 0 radical (unpaired) electrons. The fourth-order valence-corrected chi connectivity index (χ4v) is 4.33. The number of nitrogens with zero attached hydrogens (tertiary/aromatic N) is 2. The number of hydrogen-bond acceptors (Lipinski definition) is 3. The van der Waals surface area contributed by atoms with Gasteiger partial charge in [0.15, 0.2) is 0 Å². The number of carbonyl (C=O) groups excluding carboxylic acids is 1. The number of aromatic nitrogens is 1. The molecule has 0 spiro atoms. The number of hydrogen-bond donors (Lipinski definition) is 0. The first-order chi connectivity index (χ1) is 12.1. The second-order valence-corrected chi connectivity index (χ2v) is 7.60. The van der Waals surface area contributed by atoms with Crippen LogP contribution in [0.1, 0.15) is 28.0 Å². The minimum absolute atomic E-state index is 0.0658. The van der Waals surface area contributed by atoms with Crippen LogP contribution in [-0.2, 0) is 0 Å². The fourth-order valence-electron chi connectivity index (χ4n) is 3.33. The summed E-state index contributed by atoms with van der Waals surface area (Å²) < 4.78 is 0. The summed E-state index contributed by atoms with van der Waals surface area (Å²) in [4.78, 5) is 21.2. The first-order valence-electron chi connectivity index (χ1n) is 8.55. The summed E-state index contributed by atoms with van der Waals surface area (Å²) in [6.07, 6.45) is 0.992. The first-order valence-corrected chi connectivity index (χ1v) is 9.54. The minimum atomic E-state index is 0.0658. The SMILES string of the molecule is Cc1ccc2nc(C)cc(C(=O)N3CCCSc4ccccc43)c2c1. The molecular weight excluding hydrogens is 328 g/mol. The van der Waals surface area contributed by atoms with Gasteiger partial charge in [-0.3, -0.25) is 9.78 Å². The van der Waals surface area contributed by atoms with E-state index in [1.807, 2.05) is 66.9 Å². The maximum Gasteiger partial charge on any atom is 0.259 e. The van der Waals surface area contributed by atoms with Crippen LogP contribution in [0.25, 0.3) is 10.9 Å². The van der Waals surface area contributed by atoms with Gasteiger partial charge < -0.3 is 4.90 Å². The first kappa shape index (κ1) is 16.2.